The molecule has 0 aliphatic rings. The van der Waals surface area contributed by atoms with E-state index < -0.39 is 0 Å². The lowest BCUT2D eigenvalue weighted by molar-refractivity contribution is 0.480. The molecule has 6 heteroatoms. The molecule has 0 saturated carbocycles. The Bertz CT molecular complexity index is 2670. The van der Waals surface area contributed by atoms with Crippen molar-refractivity contribution >= 4 is 54.1 Å². The molecule has 0 amide bonds. The number of phenols is 2. The van der Waals surface area contributed by atoms with Crippen molar-refractivity contribution < 1.29 is 10.2 Å². The summed E-state index contributed by atoms with van der Waals surface area (Å²) in [6, 6.07) is 34.5. The van der Waals surface area contributed by atoms with Crippen LogP contribution in [-0.4, -0.2) is 30.1 Å². The Morgan fingerprint density at radius 3 is 1.65 bits per heavy atom. The number of pyridine rings is 2. The van der Waals surface area contributed by atoms with Crippen LogP contribution in [0.3, 0.4) is 0 Å². The highest BCUT2D eigenvalue weighted by Crippen LogP contribution is 2.50. The predicted octanol–water partition coefficient (Wildman–Crippen LogP) is 9.44. The van der Waals surface area contributed by atoms with Crippen LogP contribution in [0.2, 0.25) is 0 Å². The molecule has 0 aliphatic carbocycles. The van der Waals surface area contributed by atoms with Gasteiger partial charge in [-0.05, 0) is 96.5 Å². The second kappa shape index (κ2) is 10.1. The van der Waals surface area contributed by atoms with Gasteiger partial charge in [0.25, 0.3) is 0 Å². The van der Waals surface area contributed by atoms with Crippen molar-refractivity contribution in [1.29, 1.82) is 0 Å². The molecule has 9 aromatic rings. The Hall–Kier alpha value is -6.40. The SMILES string of the molecule is Oc1ccc(-c2c3ccccc3c(-c3ccc(O)c4ncccc34)c3c2ccc2c(-c4cncnc4)cccc23)c2cccnc12. The van der Waals surface area contributed by atoms with Gasteiger partial charge < -0.3 is 10.2 Å². The first-order valence-corrected chi connectivity index (χ1v) is 15.0. The minimum Gasteiger partial charge on any atom is -0.506 e. The maximum atomic E-state index is 10.8. The van der Waals surface area contributed by atoms with E-state index in [9.17, 15) is 10.2 Å². The number of aromatic nitrogens is 4. The molecular weight excluding hydrogens is 568 g/mol. The van der Waals surface area contributed by atoms with E-state index in [1.165, 1.54) is 0 Å². The molecule has 0 fully saturated rings. The lowest BCUT2D eigenvalue weighted by Crippen LogP contribution is -1.95. The first kappa shape index (κ1) is 26.0. The minimum absolute atomic E-state index is 0.142. The number of nitrogens with zero attached hydrogens (tertiary/aromatic N) is 4. The molecule has 2 N–H and O–H groups in total. The zero-order valence-corrected chi connectivity index (χ0v) is 24.4. The average molecular weight is 593 g/mol. The number of hydrogen-bond donors (Lipinski definition) is 2. The van der Waals surface area contributed by atoms with Crippen molar-refractivity contribution in [3.05, 3.63) is 134 Å². The van der Waals surface area contributed by atoms with Crippen molar-refractivity contribution in [2.24, 2.45) is 0 Å². The molecule has 6 nitrogen and oxygen atoms in total. The summed E-state index contributed by atoms with van der Waals surface area (Å²) < 4.78 is 0. The number of rotatable bonds is 3. The summed E-state index contributed by atoms with van der Waals surface area (Å²) in [6.07, 6.45) is 8.64. The highest BCUT2D eigenvalue weighted by Gasteiger charge is 2.22. The number of aromatic hydroxyl groups is 2. The molecule has 0 unspecified atom stereocenters. The Morgan fingerprint density at radius 1 is 0.413 bits per heavy atom. The molecule has 3 heterocycles. The van der Waals surface area contributed by atoms with E-state index in [2.05, 4.69) is 74.5 Å². The van der Waals surface area contributed by atoms with Gasteiger partial charge in [-0.1, -0.05) is 66.7 Å². The first-order valence-electron chi connectivity index (χ1n) is 15.0. The molecule has 9 rings (SSSR count). The summed E-state index contributed by atoms with van der Waals surface area (Å²) in [7, 11) is 0. The highest BCUT2D eigenvalue weighted by molar-refractivity contribution is 6.31. The van der Waals surface area contributed by atoms with Crippen molar-refractivity contribution in [1.82, 2.24) is 19.9 Å². The lowest BCUT2D eigenvalue weighted by Gasteiger charge is -2.21. The Kier molecular flexibility index (Phi) is 5.70. The van der Waals surface area contributed by atoms with Crippen LogP contribution in [0, 0.1) is 0 Å². The topological polar surface area (TPSA) is 92.0 Å². The molecule has 0 spiro atoms. The number of phenolic OH excluding ortho intramolecular Hbond substituents is 2. The van der Waals surface area contributed by atoms with Gasteiger partial charge in [0.2, 0.25) is 0 Å². The van der Waals surface area contributed by atoms with E-state index in [0.29, 0.717) is 11.0 Å². The smallest absolute Gasteiger partial charge is 0.141 e. The predicted molar refractivity (Wildman–Crippen MR) is 185 cm³/mol. The van der Waals surface area contributed by atoms with Gasteiger partial charge in [0.15, 0.2) is 0 Å². The molecule has 0 saturated heterocycles. The molecule has 216 valence electrons. The fourth-order valence-corrected chi connectivity index (χ4v) is 7.05. The maximum Gasteiger partial charge on any atom is 0.141 e. The van der Waals surface area contributed by atoms with E-state index >= 15 is 0 Å². The molecule has 0 aliphatic heterocycles. The van der Waals surface area contributed by atoms with Gasteiger partial charge in [-0.15, -0.1) is 0 Å². The zero-order valence-electron chi connectivity index (χ0n) is 24.4. The van der Waals surface area contributed by atoms with E-state index in [-0.39, 0.29) is 11.5 Å². The summed E-state index contributed by atoms with van der Waals surface area (Å²) in [5, 5.41) is 29.7. The summed E-state index contributed by atoms with van der Waals surface area (Å²) in [4.78, 5) is 17.7. The van der Waals surface area contributed by atoms with E-state index in [0.717, 1.165) is 76.5 Å². The van der Waals surface area contributed by atoms with E-state index in [4.69, 9.17) is 0 Å². The van der Waals surface area contributed by atoms with Gasteiger partial charge in [0.1, 0.15) is 28.9 Å². The van der Waals surface area contributed by atoms with Crippen molar-refractivity contribution in [3.8, 4) is 44.9 Å². The quantitative estimate of drug-likeness (QED) is 0.157. The standard InChI is InChI=1S/C40H24N4O2/c45-34-16-14-29(31-10-4-18-43-39(31)34)36-27-6-1-2-7-28(27)37(30-15-17-35(46)40-32(30)11-5-19-44-40)38-26-9-3-8-24(23-20-41-22-42-21-23)25(26)12-13-33(36)38/h1-22,45-46H. The van der Waals surface area contributed by atoms with Crippen LogP contribution in [0.4, 0.5) is 0 Å². The highest BCUT2D eigenvalue weighted by atomic mass is 16.3. The molecule has 0 bridgehead atoms. The van der Waals surface area contributed by atoms with Crippen molar-refractivity contribution in [3.63, 3.8) is 0 Å². The average Bonchev–Trinajstić information content (AvgIpc) is 3.12. The number of benzene rings is 6. The minimum atomic E-state index is 0.142. The zero-order chi connectivity index (χ0) is 30.8. The largest absolute Gasteiger partial charge is 0.506 e. The maximum absolute atomic E-state index is 10.8. The summed E-state index contributed by atoms with van der Waals surface area (Å²) >= 11 is 0. The molecule has 6 aromatic carbocycles. The molecule has 0 atom stereocenters. The van der Waals surface area contributed by atoms with Gasteiger partial charge in [0, 0.05) is 41.1 Å². The number of fused-ring (bicyclic) bond motifs is 6. The fourth-order valence-electron chi connectivity index (χ4n) is 7.05. The van der Waals surface area contributed by atoms with E-state index in [1.54, 1.807) is 30.9 Å². The first-order chi connectivity index (χ1) is 22.7. The van der Waals surface area contributed by atoms with Crippen LogP contribution in [0.1, 0.15) is 0 Å². The fraction of sp³-hybridized carbons (Fsp3) is 0. The summed E-state index contributed by atoms with van der Waals surface area (Å²) in [5.41, 5.74) is 7.17. The number of hydrogen-bond acceptors (Lipinski definition) is 6. The summed E-state index contributed by atoms with van der Waals surface area (Å²) in [6.45, 7) is 0. The monoisotopic (exact) mass is 592 g/mol. The van der Waals surface area contributed by atoms with Gasteiger partial charge in [-0.25, -0.2) is 9.97 Å². The van der Waals surface area contributed by atoms with Crippen LogP contribution >= 0.6 is 0 Å². The van der Waals surface area contributed by atoms with Gasteiger partial charge in [-0.3, -0.25) is 9.97 Å². The lowest BCUT2D eigenvalue weighted by atomic mass is 9.82. The van der Waals surface area contributed by atoms with Crippen molar-refractivity contribution in [2.75, 3.05) is 0 Å². The van der Waals surface area contributed by atoms with Crippen LogP contribution in [0.5, 0.6) is 11.5 Å². The third-order valence-electron chi connectivity index (χ3n) is 8.95. The van der Waals surface area contributed by atoms with Crippen LogP contribution in [0.15, 0.2) is 134 Å². The Morgan fingerprint density at radius 2 is 0.978 bits per heavy atom. The second-order valence-corrected chi connectivity index (χ2v) is 11.4. The summed E-state index contributed by atoms with van der Waals surface area (Å²) in [5.74, 6) is 0.289. The van der Waals surface area contributed by atoms with Crippen LogP contribution in [0.25, 0.3) is 87.5 Å². The Balaban J connectivity index is 1.54. The Labute approximate surface area is 262 Å². The molecule has 46 heavy (non-hydrogen) atoms. The third kappa shape index (κ3) is 3.77. The van der Waals surface area contributed by atoms with Gasteiger partial charge >= 0.3 is 0 Å². The third-order valence-corrected chi connectivity index (χ3v) is 8.95. The molecular formula is C40H24N4O2. The van der Waals surface area contributed by atoms with Crippen LogP contribution in [-0.2, 0) is 0 Å². The van der Waals surface area contributed by atoms with Crippen LogP contribution < -0.4 is 0 Å². The van der Waals surface area contributed by atoms with Gasteiger partial charge in [0.05, 0.1) is 0 Å². The molecule has 0 radical (unpaired) electrons. The van der Waals surface area contributed by atoms with Gasteiger partial charge in [-0.2, -0.15) is 0 Å². The molecule has 3 aromatic heterocycles. The van der Waals surface area contributed by atoms with Crippen molar-refractivity contribution in [2.45, 2.75) is 0 Å². The van der Waals surface area contributed by atoms with E-state index in [1.807, 2.05) is 48.8 Å². The second-order valence-electron chi connectivity index (χ2n) is 11.4. The normalized spacial score (nSPS) is 11.7.